The normalized spacial score (nSPS) is 26.8. The quantitative estimate of drug-likeness (QED) is 0.375. The Kier molecular flexibility index (Phi) is 6.16. The van der Waals surface area contributed by atoms with E-state index in [1.165, 1.54) is 11.0 Å². The fourth-order valence-electron chi connectivity index (χ4n) is 6.47. The van der Waals surface area contributed by atoms with E-state index in [0.717, 1.165) is 17.5 Å². The number of carbonyl (C=O) groups is 3. The number of aryl methyl sites for hydroxylation is 2. The van der Waals surface area contributed by atoms with E-state index in [-0.39, 0.29) is 29.7 Å². The van der Waals surface area contributed by atoms with Gasteiger partial charge in [0.15, 0.2) is 11.4 Å². The summed E-state index contributed by atoms with van der Waals surface area (Å²) in [5.74, 6) is -6.47. The summed E-state index contributed by atoms with van der Waals surface area (Å²) in [5.41, 5.74) is 4.47. The largest absolute Gasteiger partial charge is 0.510 e. The average molecular weight is 519 g/mol. The summed E-state index contributed by atoms with van der Waals surface area (Å²) >= 11 is 0. The molecule has 2 aromatic rings. The van der Waals surface area contributed by atoms with Crippen LogP contribution in [0.5, 0.6) is 5.75 Å². The van der Waals surface area contributed by atoms with Crippen LogP contribution in [0.4, 0.5) is 0 Å². The summed E-state index contributed by atoms with van der Waals surface area (Å²) in [4.78, 5) is 40.7. The number of nitrogens with two attached hydrogens (primary N) is 1. The number of aliphatic hydroxyl groups excluding tert-OH is 2. The zero-order valence-corrected chi connectivity index (χ0v) is 21.1. The highest BCUT2D eigenvalue weighted by molar-refractivity contribution is 6.24. The van der Waals surface area contributed by atoms with Crippen LogP contribution in [0.1, 0.15) is 33.5 Å². The minimum atomic E-state index is -2.63. The third-order valence-electron chi connectivity index (χ3n) is 8.23. The van der Waals surface area contributed by atoms with Gasteiger partial charge in [0.05, 0.1) is 11.6 Å². The number of aromatic hydroxyl groups is 1. The Morgan fingerprint density at radius 3 is 2.37 bits per heavy atom. The maximum atomic E-state index is 13.8. The number of amides is 1. The Balaban J connectivity index is 1.62. The summed E-state index contributed by atoms with van der Waals surface area (Å²) in [6.07, 6.45) is 1.70. The van der Waals surface area contributed by atoms with Gasteiger partial charge < -0.3 is 26.2 Å². The van der Waals surface area contributed by atoms with Crippen LogP contribution in [-0.4, -0.2) is 68.5 Å². The van der Waals surface area contributed by atoms with Crippen LogP contribution in [0.2, 0.25) is 0 Å². The molecule has 0 bridgehead atoms. The molecule has 0 saturated heterocycles. The van der Waals surface area contributed by atoms with E-state index in [4.69, 9.17) is 5.73 Å². The van der Waals surface area contributed by atoms with E-state index in [0.29, 0.717) is 12.0 Å². The summed E-state index contributed by atoms with van der Waals surface area (Å²) in [6.45, 7) is 0. The first-order chi connectivity index (χ1) is 18.0. The highest BCUT2D eigenvalue weighted by Crippen LogP contribution is 2.52. The van der Waals surface area contributed by atoms with Gasteiger partial charge in [-0.25, -0.2) is 0 Å². The average Bonchev–Trinajstić information content (AvgIpc) is 2.86. The molecule has 3 aliphatic carbocycles. The van der Waals surface area contributed by atoms with Gasteiger partial charge in [0.1, 0.15) is 22.8 Å². The number of hydrogen-bond donors (Lipinski definition) is 5. The van der Waals surface area contributed by atoms with Crippen LogP contribution in [0.3, 0.4) is 0 Å². The number of hydrogen-bond acceptors (Lipinski definition) is 8. The molecule has 9 heteroatoms. The Labute approximate surface area is 219 Å². The van der Waals surface area contributed by atoms with Crippen molar-refractivity contribution in [3.63, 3.8) is 0 Å². The molecule has 0 saturated carbocycles. The molecule has 0 spiro atoms. The Bertz CT molecular complexity index is 1430. The molecule has 4 atom stereocenters. The monoisotopic (exact) mass is 518 g/mol. The van der Waals surface area contributed by atoms with Crippen molar-refractivity contribution >= 4 is 17.5 Å². The number of Topliss-reactive ketones (excluding diaryl/α,β-unsaturated/α-hetero) is 2. The van der Waals surface area contributed by atoms with Gasteiger partial charge in [-0.1, -0.05) is 36.4 Å². The van der Waals surface area contributed by atoms with E-state index in [9.17, 15) is 34.8 Å². The second-order valence-electron chi connectivity index (χ2n) is 10.5. The van der Waals surface area contributed by atoms with Crippen molar-refractivity contribution in [2.75, 3.05) is 14.1 Å². The summed E-state index contributed by atoms with van der Waals surface area (Å²) in [5, 5.41) is 44.5. The first kappa shape index (κ1) is 25.7. The Morgan fingerprint density at radius 1 is 1.05 bits per heavy atom. The van der Waals surface area contributed by atoms with Crippen molar-refractivity contribution in [1.29, 1.82) is 0 Å². The van der Waals surface area contributed by atoms with Crippen LogP contribution in [0.15, 0.2) is 65.1 Å². The number of rotatable bonds is 5. The molecule has 0 heterocycles. The van der Waals surface area contributed by atoms with Gasteiger partial charge in [-0.2, -0.15) is 0 Å². The zero-order valence-electron chi connectivity index (χ0n) is 21.1. The standard InChI is InChI=1S/C29H30N2O7/c1-31(2)23-18-13-16-12-17-15(9-8-14-6-4-3-5-7-14)10-11-19(32)21(17)24(33)20(16)26(35)29(18,38)27(36)22(25(23)34)28(30)37/h3-7,10-11,16,18,23,32,34-35,38H,8-9,12-13H2,1-2H3,(H2,30,37). The van der Waals surface area contributed by atoms with Crippen LogP contribution < -0.4 is 5.73 Å². The highest BCUT2D eigenvalue weighted by atomic mass is 16.3. The predicted octanol–water partition coefficient (Wildman–Crippen LogP) is 1.91. The molecule has 9 nitrogen and oxygen atoms in total. The number of carbonyl (C=O) groups excluding carboxylic acids is 3. The van der Waals surface area contributed by atoms with Crippen LogP contribution >= 0.6 is 0 Å². The molecule has 1 amide bonds. The molecular weight excluding hydrogens is 488 g/mol. The van der Waals surface area contributed by atoms with Gasteiger partial charge in [-0.05, 0) is 68.5 Å². The van der Waals surface area contributed by atoms with Crippen LogP contribution in [0, 0.1) is 11.8 Å². The molecule has 0 fully saturated rings. The lowest BCUT2D eigenvalue weighted by Gasteiger charge is -2.50. The minimum absolute atomic E-state index is 0.0383. The number of nitrogens with zero attached hydrogens (tertiary/aromatic N) is 1. The zero-order chi connectivity index (χ0) is 27.5. The van der Waals surface area contributed by atoms with E-state index in [2.05, 4.69) is 0 Å². The molecule has 6 N–H and O–H groups in total. The number of primary amides is 1. The number of aliphatic hydroxyl groups is 3. The van der Waals surface area contributed by atoms with Crippen LogP contribution in [0.25, 0.3) is 0 Å². The summed E-state index contributed by atoms with van der Waals surface area (Å²) in [7, 11) is 3.21. The molecule has 0 aromatic heterocycles. The number of benzene rings is 2. The molecule has 38 heavy (non-hydrogen) atoms. The maximum absolute atomic E-state index is 13.8. The minimum Gasteiger partial charge on any atom is -0.510 e. The number of phenolic OH excluding ortho intramolecular Hbond substituents is 1. The van der Waals surface area contributed by atoms with Gasteiger partial charge in [0, 0.05) is 11.5 Å². The van der Waals surface area contributed by atoms with Crippen LogP contribution in [-0.2, 0) is 28.9 Å². The van der Waals surface area contributed by atoms with Gasteiger partial charge in [0.25, 0.3) is 5.91 Å². The van der Waals surface area contributed by atoms with Crippen molar-refractivity contribution in [3.05, 3.63) is 87.4 Å². The van der Waals surface area contributed by atoms with Crippen molar-refractivity contribution in [1.82, 2.24) is 4.90 Å². The fraction of sp³-hybridized carbons (Fsp3) is 0.345. The number of ketones is 2. The van der Waals surface area contributed by atoms with E-state index in [1.807, 2.05) is 30.3 Å². The number of phenols is 1. The Hall–Kier alpha value is -3.95. The van der Waals surface area contributed by atoms with Crippen molar-refractivity contribution in [3.8, 4) is 5.75 Å². The molecule has 5 rings (SSSR count). The topological polar surface area (TPSA) is 161 Å². The van der Waals surface area contributed by atoms with E-state index >= 15 is 0 Å². The van der Waals surface area contributed by atoms with Gasteiger partial charge in [0.2, 0.25) is 5.78 Å². The maximum Gasteiger partial charge on any atom is 0.255 e. The lowest BCUT2D eigenvalue weighted by atomic mass is 9.58. The highest BCUT2D eigenvalue weighted by Gasteiger charge is 2.63. The second-order valence-corrected chi connectivity index (χ2v) is 10.5. The van der Waals surface area contributed by atoms with Gasteiger partial charge in [-0.3, -0.25) is 19.3 Å². The van der Waals surface area contributed by atoms with E-state index in [1.54, 1.807) is 20.2 Å². The third kappa shape index (κ3) is 3.65. The lowest BCUT2D eigenvalue weighted by molar-refractivity contribution is -0.148. The molecule has 0 radical (unpaired) electrons. The van der Waals surface area contributed by atoms with Gasteiger partial charge >= 0.3 is 0 Å². The molecule has 4 unspecified atom stereocenters. The smallest absolute Gasteiger partial charge is 0.255 e. The first-order valence-electron chi connectivity index (χ1n) is 12.5. The first-order valence-corrected chi connectivity index (χ1v) is 12.5. The summed E-state index contributed by atoms with van der Waals surface area (Å²) < 4.78 is 0. The number of fused-ring (bicyclic) bond motifs is 3. The number of allylic oxidation sites excluding steroid dienone is 1. The fourth-order valence-corrected chi connectivity index (χ4v) is 6.47. The molecule has 3 aliphatic rings. The second kappa shape index (κ2) is 9.11. The Morgan fingerprint density at radius 2 is 1.74 bits per heavy atom. The van der Waals surface area contributed by atoms with Gasteiger partial charge in [-0.15, -0.1) is 0 Å². The SMILES string of the molecule is CN(C)C1C(O)=C(C(N)=O)C(=O)C2(O)C(O)=C3C(=O)c4c(O)ccc(CCc5ccccc5)c4CC3CC12. The van der Waals surface area contributed by atoms with Crippen molar-refractivity contribution in [2.45, 2.75) is 37.3 Å². The molecule has 198 valence electrons. The molecule has 0 aliphatic heterocycles. The third-order valence-corrected chi connectivity index (χ3v) is 8.23. The van der Waals surface area contributed by atoms with Crippen molar-refractivity contribution in [2.24, 2.45) is 17.6 Å². The summed E-state index contributed by atoms with van der Waals surface area (Å²) in [6, 6.07) is 12.1. The molecule has 2 aromatic carbocycles. The number of likely N-dealkylation sites (N-methyl/N-ethyl adjacent to an activating group) is 1. The van der Waals surface area contributed by atoms with Crippen molar-refractivity contribution < 1.29 is 34.8 Å². The predicted molar refractivity (Wildman–Crippen MR) is 138 cm³/mol. The van der Waals surface area contributed by atoms with E-state index < -0.39 is 58.0 Å². The molecular formula is C29H30N2O7. The lowest BCUT2D eigenvalue weighted by Crippen LogP contribution is -2.63.